The van der Waals surface area contributed by atoms with Crippen molar-refractivity contribution in [1.29, 1.82) is 0 Å². The van der Waals surface area contributed by atoms with Gasteiger partial charge in [-0.2, -0.15) is 0 Å². The highest BCUT2D eigenvalue weighted by molar-refractivity contribution is 6.00. The number of nitrogens with zero attached hydrogens (tertiary/aromatic N) is 5. The summed E-state index contributed by atoms with van der Waals surface area (Å²) in [5.74, 6) is 0.0916. The number of rotatable bonds is 5. The maximum atomic E-state index is 12.6. The van der Waals surface area contributed by atoms with Crippen LogP contribution in [0.1, 0.15) is 28.8 Å². The van der Waals surface area contributed by atoms with E-state index in [0.29, 0.717) is 25.1 Å². The molecule has 0 atom stereocenters. The van der Waals surface area contributed by atoms with Gasteiger partial charge in [-0.1, -0.05) is 17.4 Å². The number of carbonyl (C=O) groups excluding carboxylic acids is 2. The molecule has 1 aliphatic rings. The Labute approximate surface area is 168 Å². The molecule has 1 aromatic carbocycles. The minimum absolute atomic E-state index is 0.0240. The summed E-state index contributed by atoms with van der Waals surface area (Å²) in [6.07, 6.45) is 8.76. The first-order chi connectivity index (χ1) is 14.0. The summed E-state index contributed by atoms with van der Waals surface area (Å²) in [5.41, 5.74) is 3.78. The van der Waals surface area contributed by atoms with Gasteiger partial charge < -0.3 is 14.8 Å². The van der Waals surface area contributed by atoms with Crippen LogP contribution in [0.25, 0.3) is 16.5 Å². The minimum atomic E-state index is -0.0240. The molecule has 0 radical (unpaired) electrons. The average molecular weight is 392 g/mol. The maximum absolute atomic E-state index is 12.6. The van der Waals surface area contributed by atoms with Crippen molar-refractivity contribution in [2.75, 3.05) is 27.2 Å². The molecule has 8 heteroatoms. The van der Waals surface area contributed by atoms with Gasteiger partial charge in [-0.3, -0.25) is 14.3 Å². The monoisotopic (exact) mass is 392 g/mol. The van der Waals surface area contributed by atoms with Crippen LogP contribution in [0.3, 0.4) is 0 Å². The van der Waals surface area contributed by atoms with Gasteiger partial charge in [0, 0.05) is 68.0 Å². The lowest BCUT2D eigenvalue weighted by molar-refractivity contribution is -0.131. The number of hydrogen-bond acceptors (Lipinski definition) is 4. The number of aryl methyl sites for hydroxylation is 1. The first-order valence-corrected chi connectivity index (χ1v) is 9.67. The lowest BCUT2D eigenvalue weighted by Crippen LogP contribution is -2.35. The summed E-state index contributed by atoms with van der Waals surface area (Å²) >= 11 is 0. The SMILES string of the molecule is CN(C)C(=O)c1ccc2c(C3=CCCN(C(=O)CCn4ccnn4)C3)c[nH]c2c1. The number of aromatic nitrogens is 4. The number of hydrogen-bond donors (Lipinski definition) is 1. The third kappa shape index (κ3) is 3.91. The van der Waals surface area contributed by atoms with Gasteiger partial charge in [0.05, 0.1) is 12.7 Å². The van der Waals surface area contributed by atoms with Crippen molar-refractivity contribution < 1.29 is 9.59 Å². The Morgan fingerprint density at radius 3 is 2.90 bits per heavy atom. The Morgan fingerprint density at radius 1 is 1.28 bits per heavy atom. The van der Waals surface area contributed by atoms with E-state index >= 15 is 0 Å². The van der Waals surface area contributed by atoms with Crippen molar-refractivity contribution in [3.8, 4) is 0 Å². The molecule has 150 valence electrons. The average Bonchev–Trinajstić information content (AvgIpc) is 3.40. The van der Waals surface area contributed by atoms with Gasteiger partial charge in [0.2, 0.25) is 5.91 Å². The second-order valence-corrected chi connectivity index (χ2v) is 7.41. The fourth-order valence-corrected chi connectivity index (χ4v) is 3.66. The highest BCUT2D eigenvalue weighted by Crippen LogP contribution is 2.29. The molecule has 1 N–H and O–H groups in total. The topological polar surface area (TPSA) is 87.1 Å². The first-order valence-electron chi connectivity index (χ1n) is 9.67. The van der Waals surface area contributed by atoms with Gasteiger partial charge in [0.25, 0.3) is 5.91 Å². The zero-order valence-corrected chi connectivity index (χ0v) is 16.6. The summed E-state index contributed by atoms with van der Waals surface area (Å²) in [7, 11) is 3.49. The van der Waals surface area contributed by atoms with Crippen LogP contribution in [-0.4, -0.2) is 68.8 Å². The summed E-state index contributed by atoms with van der Waals surface area (Å²) in [6.45, 7) is 1.84. The molecule has 29 heavy (non-hydrogen) atoms. The predicted molar refractivity (Wildman–Crippen MR) is 110 cm³/mol. The maximum Gasteiger partial charge on any atom is 0.253 e. The molecule has 3 aromatic rings. The van der Waals surface area contributed by atoms with E-state index in [1.54, 1.807) is 36.1 Å². The molecule has 2 aromatic heterocycles. The normalized spacial score (nSPS) is 14.1. The van der Waals surface area contributed by atoms with Crippen LogP contribution < -0.4 is 0 Å². The van der Waals surface area contributed by atoms with Crippen molar-refractivity contribution in [2.45, 2.75) is 19.4 Å². The largest absolute Gasteiger partial charge is 0.361 e. The molecular formula is C21H24N6O2. The number of carbonyl (C=O) groups is 2. The van der Waals surface area contributed by atoms with Crippen molar-refractivity contribution in [3.63, 3.8) is 0 Å². The van der Waals surface area contributed by atoms with Crippen molar-refractivity contribution >= 4 is 28.3 Å². The molecule has 0 fully saturated rings. The van der Waals surface area contributed by atoms with Gasteiger partial charge in [-0.15, -0.1) is 5.10 Å². The van der Waals surface area contributed by atoms with Crippen LogP contribution in [-0.2, 0) is 11.3 Å². The molecule has 2 amide bonds. The Morgan fingerprint density at radius 2 is 2.14 bits per heavy atom. The van der Waals surface area contributed by atoms with Gasteiger partial charge in [0.1, 0.15) is 0 Å². The molecule has 0 unspecified atom stereocenters. The molecule has 8 nitrogen and oxygen atoms in total. The van der Waals surface area contributed by atoms with Gasteiger partial charge in [-0.25, -0.2) is 0 Å². The molecule has 3 heterocycles. The molecular weight excluding hydrogens is 368 g/mol. The molecule has 0 bridgehead atoms. The lowest BCUT2D eigenvalue weighted by Gasteiger charge is -2.27. The zero-order chi connectivity index (χ0) is 20.4. The number of fused-ring (bicyclic) bond motifs is 1. The second-order valence-electron chi connectivity index (χ2n) is 7.41. The lowest BCUT2D eigenvalue weighted by atomic mass is 9.99. The summed E-state index contributed by atoms with van der Waals surface area (Å²) in [4.78, 5) is 31.6. The summed E-state index contributed by atoms with van der Waals surface area (Å²) in [6, 6.07) is 5.71. The molecule has 1 aliphatic heterocycles. The molecule has 4 rings (SSSR count). The highest BCUT2D eigenvalue weighted by atomic mass is 16.2. The second kappa shape index (κ2) is 7.90. The van der Waals surface area contributed by atoms with Crippen LogP contribution in [0.5, 0.6) is 0 Å². The van der Waals surface area contributed by atoms with E-state index in [-0.39, 0.29) is 11.8 Å². The van der Waals surface area contributed by atoms with Gasteiger partial charge in [0.15, 0.2) is 0 Å². The van der Waals surface area contributed by atoms with Crippen LogP contribution in [0.2, 0.25) is 0 Å². The van der Waals surface area contributed by atoms with Crippen LogP contribution in [0, 0.1) is 0 Å². The fourth-order valence-electron chi connectivity index (χ4n) is 3.66. The summed E-state index contributed by atoms with van der Waals surface area (Å²) in [5, 5.41) is 8.73. The Hall–Kier alpha value is -3.42. The molecule has 0 spiro atoms. The number of nitrogens with one attached hydrogen (secondary N) is 1. The zero-order valence-electron chi connectivity index (χ0n) is 16.6. The van der Waals surface area contributed by atoms with Crippen LogP contribution in [0.15, 0.2) is 42.9 Å². The number of amides is 2. The van der Waals surface area contributed by atoms with E-state index in [9.17, 15) is 9.59 Å². The first kappa shape index (κ1) is 18.9. The van der Waals surface area contributed by atoms with Crippen molar-refractivity contribution in [2.24, 2.45) is 0 Å². The van der Waals surface area contributed by atoms with Crippen molar-refractivity contribution in [1.82, 2.24) is 29.8 Å². The number of aromatic amines is 1. The van der Waals surface area contributed by atoms with E-state index in [2.05, 4.69) is 21.4 Å². The third-order valence-corrected chi connectivity index (χ3v) is 5.21. The smallest absolute Gasteiger partial charge is 0.253 e. The minimum Gasteiger partial charge on any atom is -0.361 e. The number of H-pyrrole nitrogens is 1. The Kier molecular flexibility index (Phi) is 5.16. The van der Waals surface area contributed by atoms with Crippen molar-refractivity contribution in [3.05, 3.63) is 54.0 Å². The number of benzene rings is 1. The van der Waals surface area contributed by atoms with E-state index < -0.39 is 0 Å². The Balaban J connectivity index is 1.49. The molecule has 0 saturated carbocycles. The van der Waals surface area contributed by atoms with E-state index in [1.165, 1.54) is 0 Å². The molecule has 0 saturated heterocycles. The van der Waals surface area contributed by atoms with E-state index in [1.807, 2.05) is 29.3 Å². The fraction of sp³-hybridized carbons (Fsp3) is 0.333. The van der Waals surface area contributed by atoms with E-state index in [0.717, 1.165) is 35.0 Å². The molecule has 0 aliphatic carbocycles. The van der Waals surface area contributed by atoms with Gasteiger partial charge >= 0.3 is 0 Å². The van der Waals surface area contributed by atoms with E-state index in [4.69, 9.17) is 0 Å². The van der Waals surface area contributed by atoms with Gasteiger partial charge in [-0.05, 0) is 24.1 Å². The quantitative estimate of drug-likeness (QED) is 0.721. The van der Waals surface area contributed by atoms with Crippen LogP contribution in [0.4, 0.5) is 0 Å². The summed E-state index contributed by atoms with van der Waals surface area (Å²) < 4.78 is 1.67. The standard InChI is InChI=1S/C21H24N6O2/c1-25(2)21(29)15-5-6-17-18(13-22-19(17)12-15)16-4-3-9-26(14-16)20(28)7-10-27-11-8-23-24-27/h4-6,8,11-13,22H,3,7,9-10,14H2,1-2H3. The third-order valence-electron chi connectivity index (χ3n) is 5.21. The Bertz CT molecular complexity index is 1060. The van der Waals surface area contributed by atoms with Crippen LogP contribution >= 0.6 is 0 Å². The predicted octanol–water partition coefficient (Wildman–Crippen LogP) is 2.17. The highest BCUT2D eigenvalue weighted by Gasteiger charge is 2.21.